The van der Waals surface area contributed by atoms with Crippen molar-refractivity contribution in [2.75, 3.05) is 0 Å². The minimum atomic E-state index is -0.139. The third-order valence-corrected chi connectivity index (χ3v) is 0. The normalized spacial score (nSPS) is 6.00. The van der Waals surface area contributed by atoms with Crippen LogP contribution in [0.25, 0.3) is 0 Å². The van der Waals surface area contributed by atoms with Gasteiger partial charge >= 0.3 is 0 Å². The summed E-state index contributed by atoms with van der Waals surface area (Å²) in [5.74, 6) is 0. The van der Waals surface area contributed by atoms with Crippen molar-refractivity contribution in [3.05, 3.63) is 7.43 Å². The van der Waals surface area contributed by atoms with Crippen molar-refractivity contribution in [1.82, 2.24) is 0 Å². The zero-order valence-electron chi connectivity index (χ0n) is 4.99. The van der Waals surface area contributed by atoms with Crippen LogP contribution in [0.4, 0.5) is 0 Å². The van der Waals surface area contributed by atoms with Crippen LogP contribution in [-0.2, 0) is 17.4 Å². The van der Waals surface area contributed by atoms with Gasteiger partial charge in [-0.15, -0.1) is 0 Å². The molecular formula is C4H13CrSi-. The summed E-state index contributed by atoms with van der Waals surface area (Å²) >= 11 is 0. The number of hydrogen-bond acceptors (Lipinski definition) is 0. The molecule has 0 aliphatic rings. The van der Waals surface area contributed by atoms with Gasteiger partial charge in [0.05, 0.1) is 0 Å². The Bertz CT molecular complexity index is 12.3. The van der Waals surface area contributed by atoms with Crippen molar-refractivity contribution < 1.29 is 17.4 Å². The fraction of sp³-hybridized carbons (Fsp3) is 0.750. The summed E-state index contributed by atoms with van der Waals surface area (Å²) in [7, 11) is -0.139. The molecule has 2 heteroatoms. The molecule has 0 saturated carbocycles. The van der Waals surface area contributed by atoms with Crippen molar-refractivity contribution in [2.24, 2.45) is 0 Å². The Morgan fingerprint density at radius 2 is 1.00 bits per heavy atom. The molecule has 0 rings (SSSR count). The standard InChI is InChI=1S/C3H10Si.CH3.Cr/c1-4(2)3;;/h4H,1-3H3;1H3;/q;-1;. The Kier molecular flexibility index (Phi) is 24.4. The molecule has 40 valence electrons. The van der Waals surface area contributed by atoms with E-state index in [0.29, 0.717) is 0 Å². The maximum absolute atomic E-state index is 2.31. The van der Waals surface area contributed by atoms with E-state index in [-0.39, 0.29) is 33.6 Å². The molecule has 0 radical (unpaired) electrons. The minimum Gasteiger partial charge on any atom is -0.358 e. The molecule has 0 aliphatic carbocycles. The van der Waals surface area contributed by atoms with Gasteiger partial charge in [0.1, 0.15) is 0 Å². The second-order valence-electron chi connectivity index (χ2n) is 1.73. The Balaban J connectivity index is -0.0000000450. The molecular weight excluding hydrogens is 128 g/mol. The smallest absolute Gasteiger partial charge is 0.0274 e. The molecule has 0 bridgehead atoms. The predicted octanol–water partition coefficient (Wildman–Crippen LogP) is 1.55. The van der Waals surface area contributed by atoms with Crippen molar-refractivity contribution in [3.8, 4) is 0 Å². The Morgan fingerprint density at radius 3 is 1.00 bits per heavy atom. The van der Waals surface area contributed by atoms with Gasteiger partial charge in [0.15, 0.2) is 0 Å². The summed E-state index contributed by atoms with van der Waals surface area (Å²) in [6, 6.07) is 0. The van der Waals surface area contributed by atoms with Crippen LogP contribution in [0.1, 0.15) is 0 Å². The van der Waals surface area contributed by atoms with Gasteiger partial charge in [-0.05, 0) is 0 Å². The van der Waals surface area contributed by atoms with Gasteiger partial charge in [-0.2, -0.15) is 0 Å². The van der Waals surface area contributed by atoms with Crippen LogP contribution in [0.5, 0.6) is 0 Å². The van der Waals surface area contributed by atoms with E-state index in [4.69, 9.17) is 0 Å². The molecule has 0 aromatic rings. The molecule has 0 unspecified atom stereocenters. The number of hydrogen-bond donors (Lipinski definition) is 0. The molecule has 0 aromatic heterocycles. The van der Waals surface area contributed by atoms with Crippen LogP contribution in [0.3, 0.4) is 0 Å². The van der Waals surface area contributed by atoms with E-state index < -0.39 is 0 Å². The first kappa shape index (κ1) is 15.9. The second kappa shape index (κ2) is 9.23. The summed E-state index contributed by atoms with van der Waals surface area (Å²) < 4.78 is 0. The molecule has 0 aromatic carbocycles. The van der Waals surface area contributed by atoms with Crippen molar-refractivity contribution in [1.29, 1.82) is 0 Å². The van der Waals surface area contributed by atoms with Crippen LogP contribution in [0.2, 0.25) is 19.6 Å². The van der Waals surface area contributed by atoms with E-state index in [1.54, 1.807) is 0 Å². The van der Waals surface area contributed by atoms with Gasteiger partial charge in [-0.1, -0.05) is 19.6 Å². The summed E-state index contributed by atoms with van der Waals surface area (Å²) in [4.78, 5) is 0. The van der Waals surface area contributed by atoms with Gasteiger partial charge in [0.25, 0.3) is 0 Å². The van der Waals surface area contributed by atoms with E-state index in [9.17, 15) is 0 Å². The van der Waals surface area contributed by atoms with E-state index in [0.717, 1.165) is 0 Å². The van der Waals surface area contributed by atoms with Gasteiger partial charge in [0.2, 0.25) is 0 Å². The van der Waals surface area contributed by atoms with Crippen molar-refractivity contribution >= 4 is 8.80 Å². The largest absolute Gasteiger partial charge is 0.358 e. The molecule has 6 heavy (non-hydrogen) atoms. The molecule has 0 fully saturated rings. The summed E-state index contributed by atoms with van der Waals surface area (Å²) in [6.45, 7) is 6.92. The third kappa shape index (κ3) is 119. The van der Waals surface area contributed by atoms with E-state index in [1.807, 2.05) is 0 Å². The zero-order valence-corrected chi connectivity index (χ0v) is 7.42. The molecule has 0 saturated heterocycles. The molecule has 0 amide bonds. The average molecular weight is 141 g/mol. The first-order valence-corrected chi connectivity index (χ1v) is 5.20. The molecule has 0 nitrogen and oxygen atoms in total. The fourth-order valence-electron chi connectivity index (χ4n) is 0. The van der Waals surface area contributed by atoms with Gasteiger partial charge < -0.3 is 7.43 Å². The molecule has 0 heterocycles. The summed E-state index contributed by atoms with van der Waals surface area (Å²) in [5.41, 5.74) is 0. The number of rotatable bonds is 0. The molecule has 0 aliphatic heterocycles. The fourth-order valence-corrected chi connectivity index (χ4v) is 0. The second-order valence-corrected chi connectivity index (χ2v) is 5.20. The van der Waals surface area contributed by atoms with Crippen LogP contribution in [-0.4, -0.2) is 8.80 Å². The van der Waals surface area contributed by atoms with Crippen LogP contribution in [0, 0.1) is 7.43 Å². The van der Waals surface area contributed by atoms with Gasteiger partial charge in [-0.3, -0.25) is 0 Å². The Labute approximate surface area is 53.7 Å². The Morgan fingerprint density at radius 1 is 1.00 bits per heavy atom. The van der Waals surface area contributed by atoms with E-state index >= 15 is 0 Å². The molecule has 0 atom stereocenters. The van der Waals surface area contributed by atoms with Crippen LogP contribution >= 0.6 is 0 Å². The maximum Gasteiger partial charge on any atom is 0.0274 e. The first-order valence-electron chi connectivity index (χ1n) is 1.73. The van der Waals surface area contributed by atoms with Crippen LogP contribution in [0.15, 0.2) is 0 Å². The Hall–Kier alpha value is 0.749. The maximum atomic E-state index is 2.31. The summed E-state index contributed by atoms with van der Waals surface area (Å²) in [5, 5.41) is 0. The average Bonchev–Trinajstić information content (AvgIpc) is 0.811. The van der Waals surface area contributed by atoms with Crippen LogP contribution < -0.4 is 0 Å². The topological polar surface area (TPSA) is 0 Å². The van der Waals surface area contributed by atoms with Crippen molar-refractivity contribution in [2.45, 2.75) is 19.6 Å². The predicted molar refractivity (Wildman–Crippen MR) is 31.2 cm³/mol. The van der Waals surface area contributed by atoms with Gasteiger partial charge in [0, 0.05) is 26.2 Å². The molecule has 0 spiro atoms. The minimum absolute atomic E-state index is 0. The SMILES string of the molecule is C[SiH](C)C.[CH3-].[Cr]. The zero-order chi connectivity index (χ0) is 3.58. The monoisotopic (exact) mass is 141 g/mol. The quantitative estimate of drug-likeness (QED) is 0.354. The third-order valence-electron chi connectivity index (χ3n) is 0. The van der Waals surface area contributed by atoms with Gasteiger partial charge in [-0.25, -0.2) is 0 Å². The first-order chi connectivity index (χ1) is 1.73. The van der Waals surface area contributed by atoms with Crippen molar-refractivity contribution in [3.63, 3.8) is 0 Å². The summed E-state index contributed by atoms with van der Waals surface area (Å²) in [6.07, 6.45) is 0. The van der Waals surface area contributed by atoms with E-state index in [2.05, 4.69) is 19.6 Å². The van der Waals surface area contributed by atoms with E-state index in [1.165, 1.54) is 0 Å². The molecule has 0 N–H and O–H groups in total.